The Balaban J connectivity index is 1.22. The summed E-state index contributed by atoms with van der Waals surface area (Å²) in [5, 5.41) is 5.27. The molecule has 2 aromatic carbocycles. The largest absolute Gasteiger partial charge is 0.489 e. The normalized spacial score (nSPS) is 27.3. The molecule has 2 amide bonds. The van der Waals surface area contributed by atoms with Gasteiger partial charge in [-0.3, -0.25) is 9.59 Å². The highest BCUT2D eigenvalue weighted by molar-refractivity contribution is 9.10. The van der Waals surface area contributed by atoms with Gasteiger partial charge in [0.1, 0.15) is 12.4 Å². The Kier molecular flexibility index (Phi) is 4.59. The lowest BCUT2D eigenvalue weighted by Crippen LogP contribution is -2.28. The molecular weight excluding hydrogens is 432 g/mol. The maximum atomic E-state index is 12.6. The van der Waals surface area contributed by atoms with Crippen LogP contribution in [0, 0.1) is 23.7 Å². The zero-order valence-corrected chi connectivity index (χ0v) is 17.2. The molecule has 0 radical (unpaired) electrons. The number of hydrazone groups is 1. The minimum absolute atomic E-state index is 0.164. The van der Waals surface area contributed by atoms with Crippen LogP contribution >= 0.6 is 15.9 Å². The molecule has 0 unspecified atom stereocenters. The van der Waals surface area contributed by atoms with E-state index in [2.05, 4.69) is 33.2 Å². The Labute approximate surface area is 177 Å². The van der Waals surface area contributed by atoms with Crippen molar-refractivity contribution in [3.8, 4) is 5.75 Å². The molecule has 2 aromatic rings. The summed E-state index contributed by atoms with van der Waals surface area (Å²) >= 11 is 3.42. The van der Waals surface area contributed by atoms with Crippen LogP contribution < -0.4 is 4.74 Å². The number of allylic oxidation sites excluding steroid dienone is 2. The lowest BCUT2D eigenvalue weighted by atomic mass is 9.85. The quantitative estimate of drug-likeness (QED) is 0.390. The van der Waals surface area contributed by atoms with Gasteiger partial charge in [-0.1, -0.05) is 40.2 Å². The van der Waals surface area contributed by atoms with Gasteiger partial charge in [0.25, 0.3) is 11.8 Å². The van der Waals surface area contributed by atoms with Crippen LogP contribution in [0.2, 0.25) is 0 Å². The fraction of sp³-hybridized carbons (Fsp3) is 0.261. The van der Waals surface area contributed by atoms with E-state index in [1.165, 1.54) is 0 Å². The van der Waals surface area contributed by atoms with Crippen LogP contribution in [0.1, 0.15) is 17.5 Å². The van der Waals surface area contributed by atoms with E-state index in [1.54, 1.807) is 6.21 Å². The first-order valence-electron chi connectivity index (χ1n) is 9.67. The molecule has 0 spiro atoms. The van der Waals surface area contributed by atoms with Gasteiger partial charge in [-0.2, -0.15) is 10.1 Å². The third kappa shape index (κ3) is 3.31. The van der Waals surface area contributed by atoms with Crippen LogP contribution in [0.5, 0.6) is 5.75 Å². The zero-order chi connectivity index (χ0) is 20.0. The van der Waals surface area contributed by atoms with Crippen LogP contribution in [0.25, 0.3) is 0 Å². The molecule has 1 saturated heterocycles. The summed E-state index contributed by atoms with van der Waals surface area (Å²) in [6.45, 7) is 0.483. The number of hydrogen-bond donors (Lipinski definition) is 0. The van der Waals surface area contributed by atoms with Crippen LogP contribution in [-0.2, 0) is 16.2 Å². The molecule has 5 rings (SSSR count). The van der Waals surface area contributed by atoms with Crippen molar-refractivity contribution in [2.75, 3.05) is 0 Å². The highest BCUT2D eigenvalue weighted by Gasteiger charge is 2.59. The van der Waals surface area contributed by atoms with Gasteiger partial charge in [-0.25, -0.2) is 0 Å². The number of carbonyl (C=O) groups is 2. The minimum atomic E-state index is -0.218. The summed E-state index contributed by atoms with van der Waals surface area (Å²) in [6, 6.07) is 15.4. The molecular formula is C23H19BrN2O3. The Morgan fingerprint density at radius 3 is 2.21 bits per heavy atom. The highest BCUT2D eigenvalue weighted by atomic mass is 79.9. The predicted octanol–water partition coefficient (Wildman–Crippen LogP) is 4.17. The molecule has 1 heterocycles. The van der Waals surface area contributed by atoms with E-state index in [1.807, 2.05) is 48.5 Å². The van der Waals surface area contributed by atoms with Crippen LogP contribution in [0.4, 0.5) is 0 Å². The Morgan fingerprint density at radius 1 is 0.966 bits per heavy atom. The molecule has 29 heavy (non-hydrogen) atoms. The number of carbonyl (C=O) groups excluding carboxylic acids is 2. The average Bonchev–Trinajstić information content (AvgIpc) is 3.41. The van der Waals surface area contributed by atoms with Crippen molar-refractivity contribution in [1.82, 2.24) is 5.01 Å². The van der Waals surface area contributed by atoms with Gasteiger partial charge in [-0.05, 0) is 65.8 Å². The maximum absolute atomic E-state index is 12.6. The smallest absolute Gasteiger partial charge is 0.254 e. The van der Waals surface area contributed by atoms with E-state index >= 15 is 0 Å². The number of halogens is 1. The predicted molar refractivity (Wildman–Crippen MR) is 112 cm³/mol. The van der Waals surface area contributed by atoms with Crippen molar-refractivity contribution >= 4 is 34.0 Å². The third-order valence-electron chi connectivity index (χ3n) is 5.97. The molecule has 2 fully saturated rings. The van der Waals surface area contributed by atoms with Gasteiger partial charge in [0.05, 0.1) is 18.1 Å². The van der Waals surface area contributed by atoms with Crippen molar-refractivity contribution < 1.29 is 14.3 Å². The first kappa shape index (κ1) is 18.3. The number of rotatable bonds is 5. The highest BCUT2D eigenvalue weighted by Crippen LogP contribution is 2.52. The van der Waals surface area contributed by atoms with E-state index in [0.717, 1.165) is 32.8 Å². The molecule has 1 aliphatic heterocycles. The van der Waals surface area contributed by atoms with Crippen molar-refractivity contribution in [1.29, 1.82) is 0 Å². The second kappa shape index (κ2) is 7.26. The lowest BCUT2D eigenvalue weighted by Gasteiger charge is -2.13. The van der Waals surface area contributed by atoms with E-state index < -0.39 is 0 Å². The molecule has 2 aliphatic carbocycles. The second-order valence-electron chi connectivity index (χ2n) is 7.72. The van der Waals surface area contributed by atoms with Gasteiger partial charge < -0.3 is 4.74 Å². The van der Waals surface area contributed by atoms with E-state index in [-0.39, 0.29) is 35.5 Å². The fourth-order valence-corrected chi connectivity index (χ4v) is 4.79. The molecule has 2 bridgehead atoms. The number of ether oxygens (including phenoxy) is 1. The molecule has 146 valence electrons. The summed E-state index contributed by atoms with van der Waals surface area (Å²) in [5.74, 6) is 0.376. The zero-order valence-electron chi connectivity index (χ0n) is 15.6. The third-order valence-corrected chi connectivity index (χ3v) is 6.50. The SMILES string of the molecule is O=C1[C@@H]2[C@@H](C(=O)N1/N=C\c1ccc(OCc3ccc(Br)cc3)cc1)[C@H]1C=C[C@@H]2C1. The molecule has 6 heteroatoms. The summed E-state index contributed by atoms with van der Waals surface area (Å²) < 4.78 is 6.83. The Bertz CT molecular complexity index is 983. The van der Waals surface area contributed by atoms with E-state index in [0.29, 0.717) is 6.61 Å². The van der Waals surface area contributed by atoms with Crippen molar-refractivity contribution in [2.45, 2.75) is 13.0 Å². The number of imide groups is 1. The molecule has 4 atom stereocenters. The summed E-state index contributed by atoms with van der Waals surface area (Å²) in [4.78, 5) is 25.3. The molecule has 0 N–H and O–H groups in total. The molecule has 0 aromatic heterocycles. The standard InChI is InChI=1S/C23H19BrN2O3/c24-18-7-1-15(2-8-18)13-29-19-9-3-14(4-10-19)12-25-26-22(27)20-16-5-6-17(11-16)21(20)23(26)28/h1-10,12,16-17,20-21H,11,13H2/b25-12-/t16-,17+,20-,21-/m0/s1. The van der Waals surface area contributed by atoms with Crippen LogP contribution in [-0.4, -0.2) is 23.0 Å². The van der Waals surface area contributed by atoms with Crippen LogP contribution in [0.15, 0.2) is 70.3 Å². The summed E-state index contributed by atoms with van der Waals surface area (Å²) in [7, 11) is 0. The number of amides is 2. The second-order valence-corrected chi connectivity index (χ2v) is 8.63. The van der Waals surface area contributed by atoms with Crippen molar-refractivity contribution in [3.05, 3.63) is 76.3 Å². The first-order chi connectivity index (χ1) is 14.1. The number of fused-ring (bicyclic) bond motifs is 5. The topological polar surface area (TPSA) is 59.0 Å². The average molecular weight is 451 g/mol. The minimum Gasteiger partial charge on any atom is -0.489 e. The molecule has 1 saturated carbocycles. The molecule has 5 nitrogen and oxygen atoms in total. The van der Waals surface area contributed by atoms with Crippen molar-refractivity contribution in [3.63, 3.8) is 0 Å². The lowest BCUT2D eigenvalue weighted by molar-refractivity contribution is -0.140. The number of hydrogen-bond acceptors (Lipinski definition) is 4. The first-order valence-corrected chi connectivity index (χ1v) is 10.5. The summed E-state index contributed by atoms with van der Waals surface area (Å²) in [6.07, 6.45) is 6.64. The molecule has 3 aliphatic rings. The summed E-state index contributed by atoms with van der Waals surface area (Å²) in [5.41, 5.74) is 1.89. The Morgan fingerprint density at radius 2 is 1.59 bits per heavy atom. The van der Waals surface area contributed by atoms with Crippen LogP contribution in [0.3, 0.4) is 0 Å². The van der Waals surface area contributed by atoms with Gasteiger partial charge in [0, 0.05) is 4.47 Å². The Hall–Kier alpha value is -2.73. The van der Waals surface area contributed by atoms with Gasteiger partial charge in [0.2, 0.25) is 0 Å². The van der Waals surface area contributed by atoms with Gasteiger partial charge in [-0.15, -0.1) is 0 Å². The van der Waals surface area contributed by atoms with Gasteiger partial charge >= 0.3 is 0 Å². The van der Waals surface area contributed by atoms with Gasteiger partial charge in [0.15, 0.2) is 0 Å². The number of nitrogens with zero attached hydrogens (tertiary/aromatic N) is 2. The maximum Gasteiger partial charge on any atom is 0.254 e. The van der Waals surface area contributed by atoms with E-state index in [4.69, 9.17) is 4.74 Å². The van der Waals surface area contributed by atoms with Crippen molar-refractivity contribution in [2.24, 2.45) is 28.8 Å². The fourth-order valence-electron chi connectivity index (χ4n) is 4.52. The van der Waals surface area contributed by atoms with E-state index in [9.17, 15) is 9.59 Å². The number of benzene rings is 2. The monoisotopic (exact) mass is 450 g/mol.